The number of hydrogen-bond acceptors (Lipinski definition) is 1. The van der Waals surface area contributed by atoms with Gasteiger partial charge in [0.05, 0.1) is 5.02 Å². The van der Waals surface area contributed by atoms with Crippen molar-refractivity contribution in [3.8, 4) is 0 Å². The summed E-state index contributed by atoms with van der Waals surface area (Å²) in [6.07, 6.45) is 0. The van der Waals surface area contributed by atoms with Gasteiger partial charge in [-0.05, 0) is 24.6 Å². The molecule has 0 heterocycles. The van der Waals surface area contributed by atoms with E-state index in [1.54, 1.807) is 6.92 Å². The number of carbonyl (C=O) groups excluding carboxylic acids is 1. The maximum atomic E-state index is 13.1. The first-order valence-corrected chi connectivity index (χ1v) is 5.36. The largest absolute Gasteiger partial charge is 0.325 e. The van der Waals surface area contributed by atoms with Gasteiger partial charge >= 0.3 is 0 Å². The Hall–Kier alpha value is -1.09. The van der Waals surface area contributed by atoms with Crippen LogP contribution in [0.3, 0.4) is 0 Å². The lowest BCUT2D eigenvalue weighted by Gasteiger charge is -2.19. The van der Waals surface area contributed by atoms with Gasteiger partial charge in [0.15, 0.2) is 0 Å². The van der Waals surface area contributed by atoms with Crippen molar-refractivity contribution in [1.29, 1.82) is 0 Å². The van der Waals surface area contributed by atoms with Crippen LogP contribution in [0.1, 0.15) is 26.3 Å². The van der Waals surface area contributed by atoms with Crippen molar-refractivity contribution in [2.45, 2.75) is 27.7 Å². The second kappa shape index (κ2) is 4.42. The van der Waals surface area contributed by atoms with Crippen LogP contribution >= 0.6 is 11.6 Å². The van der Waals surface area contributed by atoms with Gasteiger partial charge < -0.3 is 5.32 Å². The van der Waals surface area contributed by atoms with Gasteiger partial charge in [0.2, 0.25) is 5.91 Å². The van der Waals surface area contributed by atoms with Crippen LogP contribution in [0.4, 0.5) is 10.1 Å². The van der Waals surface area contributed by atoms with Gasteiger partial charge in [0, 0.05) is 11.1 Å². The molecule has 0 saturated carbocycles. The molecule has 1 aromatic rings. The molecule has 0 aliphatic rings. The van der Waals surface area contributed by atoms with Gasteiger partial charge in [-0.2, -0.15) is 0 Å². The standard InChI is InChI=1S/C12H15ClFNO/c1-7-5-9(14)8(13)6-10(7)15-11(16)12(2,3)4/h5-6H,1-4H3,(H,15,16). The molecular weight excluding hydrogens is 229 g/mol. The summed E-state index contributed by atoms with van der Waals surface area (Å²) in [5.41, 5.74) is 0.707. The number of carbonyl (C=O) groups is 1. The van der Waals surface area contributed by atoms with Gasteiger partial charge in [-0.1, -0.05) is 32.4 Å². The lowest BCUT2D eigenvalue weighted by atomic mass is 9.95. The fourth-order valence-electron chi connectivity index (χ4n) is 1.09. The summed E-state index contributed by atoms with van der Waals surface area (Å²) in [6, 6.07) is 2.73. The molecule has 16 heavy (non-hydrogen) atoms. The Morgan fingerprint density at radius 1 is 1.38 bits per heavy atom. The maximum absolute atomic E-state index is 13.1. The number of halogens is 2. The molecule has 0 aliphatic carbocycles. The average molecular weight is 244 g/mol. The number of rotatable bonds is 1. The Labute approximate surface area is 99.8 Å². The zero-order valence-corrected chi connectivity index (χ0v) is 10.6. The van der Waals surface area contributed by atoms with E-state index >= 15 is 0 Å². The second-order valence-corrected chi connectivity index (χ2v) is 5.19. The molecule has 1 N–H and O–H groups in total. The third kappa shape index (κ3) is 2.95. The smallest absolute Gasteiger partial charge is 0.229 e. The summed E-state index contributed by atoms with van der Waals surface area (Å²) in [6.45, 7) is 7.14. The lowest BCUT2D eigenvalue weighted by molar-refractivity contribution is -0.123. The molecule has 88 valence electrons. The molecular formula is C12H15ClFNO. The Morgan fingerprint density at radius 2 is 1.94 bits per heavy atom. The van der Waals surface area contributed by atoms with E-state index in [2.05, 4.69) is 5.32 Å². The molecule has 0 saturated heterocycles. The van der Waals surface area contributed by atoms with Crippen LogP contribution in [-0.2, 0) is 4.79 Å². The van der Waals surface area contributed by atoms with E-state index in [0.717, 1.165) is 0 Å². The number of nitrogens with one attached hydrogen (secondary N) is 1. The quantitative estimate of drug-likeness (QED) is 0.799. The minimum Gasteiger partial charge on any atom is -0.325 e. The third-order valence-corrected chi connectivity index (χ3v) is 2.49. The molecule has 0 spiro atoms. The highest BCUT2D eigenvalue weighted by atomic mass is 35.5. The fraction of sp³-hybridized carbons (Fsp3) is 0.417. The minimum absolute atomic E-state index is 0.00908. The van der Waals surface area contributed by atoms with E-state index in [4.69, 9.17) is 11.6 Å². The van der Waals surface area contributed by atoms with Gasteiger partial charge in [-0.3, -0.25) is 4.79 Å². The zero-order chi connectivity index (χ0) is 12.5. The van der Waals surface area contributed by atoms with Gasteiger partial charge in [-0.15, -0.1) is 0 Å². The topological polar surface area (TPSA) is 29.1 Å². The van der Waals surface area contributed by atoms with Crippen molar-refractivity contribution in [3.05, 3.63) is 28.5 Å². The van der Waals surface area contributed by atoms with Crippen molar-refractivity contribution in [1.82, 2.24) is 0 Å². The van der Waals surface area contributed by atoms with Crippen molar-refractivity contribution >= 4 is 23.2 Å². The first-order chi connectivity index (χ1) is 7.21. The SMILES string of the molecule is Cc1cc(F)c(Cl)cc1NC(=O)C(C)(C)C. The van der Waals surface area contributed by atoms with Crippen molar-refractivity contribution < 1.29 is 9.18 Å². The highest BCUT2D eigenvalue weighted by molar-refractivity contribution is 6.31. The summed E-state index contributed by atoms with van der Waals surface area (Å²) >= 11 is 5.66. The number of aryl methyl sites for hydroxylation is 1. The Kier molecular flexibility index (Phi) is 3.58. The number of amides is 1. The average Bonchev–Trinajstić information content (AvgIpc) is 2.12. The molecule has 0 aromatic heterocycles. The van der Waals surface area contributed by atoms with Gasteiger partial charge in [0.1, 0.15) is 5.82 Å². The minimum atomic E-state index is -0.493. The number of hydrogen-bond donors (Lipinski definition) is 1. The summed E-state index contributed by atoms with van der Waals surface area (Å²) in [5, 5.41) is 2.74. The zero-order valence-electron chi connectivity index (χ0n) is 9.82. The van der Waals surface area contributed by atoms with E-state index < -0.39 is 11.2 Å². The normalized spacial score (nSPS) is 11.4. The van der Waals surface area contributed by atoms with Crippen LogP contribution in [0.15, 0.2) is 12.1 Å². The Balaban J connectivity index is 2.99. The van der Waals surface area contributed by atoms with Crippen LogP contribution in [0.5, 0.6) is 0 Å². The Bertz CT molecular complexity index is 424. The Morgan fingerprint density at radius 3 is 2.44 bits per heavy atom. The predicted molar refractivity (Wildman–Crippen MR) is 64.2 cm³/mol. The van der Waals surface area contributed by atoms with E-state index in [-0.39, 0.29) is 10.9 Å². The van der Waals surface area contributed by atoms with Gasteiger partial charge in [-0.25, -0.2) is 4.39 Å². The monoisotopic (exact) mass is 243 g/mol. The summed E-state index contributed by atoms with van der Waals surface area (Å²) in [4.78, 5) is 11.7. The summed E-state index contributed by atoms with van der Waals surface area (Å²) < 4.78 is 13.1. The first kappa shape index (κ1) is 13.0. The van der Waals surface area contributed by atoms with Crippen LogP contribution in [0.25, 0.3) is 0 Å². The molecule has 0 unspecified atom stereocenters. The van der Waals surface area contributed by atoms with E-state index in [1.165, 1.54) is 12.1 Å². The van der Waals surface area contributed by atoms with Crippen LogP contribution in [-0.4, -0.2) is 5.91 Å². The highest BCUT2D eigenvalue weighted by Crippen LogP contribution is 2.25. The van der Waals surface area contributed by atoms with Crippen LogP contribution in [0.2, 0.25) is 5.02 Å². The predicted octanol–water partition coefficient (Wildman–Crippen LogP) is 3.77. The molecule has 0 fully saturated rings. The fourth-order valence-corrected chi connectivity index (χ4v) is 1.25. The molecule has 0 aliphatic heterocycles. The van der Waals surface area contributed by atoms with Crippen LogP contribution < -0.4 is 5.32 Å². The first-order valence-electron chi connectivity index (χ1n) is 4.99. The highest BCUT2D eigenvalue weighted by Gasteiger charge is 2.22. The molecule has 0 atom stereocenters. The molecule has 2 nitrogen and oxygen atoms in total. The molecule has 1 amide bonds. The van der Waals surface area contributed by atoms with E-state index in [9.17, 15) is 9.18 Å². The summed E-state index contributed by atoms with van der Waals surface area (Å²) in [7, 11) is 0. The lowest BCUT2D eigenvalue weighted by Crippen LogP contribution is -2.27. The second-order valence-electron chi connectivity index (χ2n) is 4.79. The van der Waals surface area contributed by atoms with Gasteiger partial charge in [0.25, 0.3) is 0 Å². The van der Waals surface area contributed by atoms with Crippen LogP contribution in [0, 0.1) is 18.2 Å². The number of anilines is 1. The van der Waals surface area contributed by atoms with E-state index in [1.807, 2.05) is 20.8 Å². The molecule has 4 heteroatoms. The number of benzene rings is 1. The molecule has 1 aromatic carbocycles. The van der Waals surface area contributed by atoms with Crippen molar-refractivity contribution in [2.24, 2.45) is 5.41 Å². The molecule has 0 radical (unpaired) electrons. The third-order valence-electron chi connectivity index (χ3n) is 2.20. The van der Waals surface area contributed by atoms with Crippen molar-refractivity contribution in [2.75, 3.05) is 5.32 Å². The van der Waals surface area contributed by atoms with Crippen molar-refractivity contribution in [3.63, 3.8) is 0 Å². The van der Waals surface area contributed by atoms with E-state index in [0.29, 0.717) is 11.3 Å². The maximum Gasteiger partial charge on any atom is 0.229 e. The summed E-state index contributed by atoms with van der Waals surface area (Å²) in [5.74, 6) is -0.605. The molecule has 1 rings (SSSR count). The molecule has 0 bridgehead atoms.